The molecule has 1 aliphatic rings. The van der Waals surface area contributed by atoms with Crippen LogP contribution in [0.25, 0.3) is 11.0 Å². The average molecular weight is 379 g/mol. The van der Waals surface area contributed by atoms with Crippen LogP contribution in [0, 0.1) is 5.92 Å². The average Bonchev–Trinajstić information content (AvgIpc) is 2.98. The summed E-state index contributed by atoms with van der Waals surface area (Å²) in [7, 11) is 0. The molecule has 2 heterocycles. The second-order valence-corrected chi connectivity index (χ2v) is 6.89. The van der Waals surface area contributed by atoms with E-state index in [1.165, 1.54) is 0 Å². The number of nitrogens with two attached hydrogens (primary N) is 1. The van der Waals surface area contributed by atoms with Crippen LogP contribution in [0.15, 0.2) is 33.2 Å². The van der Waals surface area contributed by atoms with Gasteiger partial charge in [-0.2, -0.15) is 0 Å². The molecule has 0 bridgehead atoms. The number of likely N-dealkylation sites (tertiary alicyclic amines) is 1. The highest BCUT2D eigenvalue weighted by molar-refractivity contribution is 9.10. The minimum absolute atomic E-state index is 0.0862. The lowest BCUT2D eigenvalue weighted by molar-refractivity contribution is -0.118. The normalized spacial score (nSPS) is 18.3. The Morgan fingerprint density at radius 2 is 2.22 bits per heavy atom. The first-order valence-electron chi connectivity index (χ1n) is 7.80. The van der Waals surface area contributed by atoms with Gasteiger partial charge in [0.25, 0.3) is 5.91 Å². The zero-order chi connectivity index (χ0) is 16.4. The molecule has 3 rings (SSSR count). The Hall–Kier alpha value is -1.82. The third kappa shape index (κ3) is 3.58. The lowest BCUT2D eigenvalue weighted by Crippen LogP contribution is -2.40. The summed E-state index contributed by atoms with van der Waals surface area (Å²) < 4.78 is 6.57. The third-order valence-corrected chi connectivity index (χ3v) is 4.94. The fourth-order valence-electron chi connectivity index (χ4n) is 3.12. The molecule has 1 unspecified atom stereocenters. The standard InChI is InChI=1S/C17H19BrN2O3/c18-13-5-1-4-12-9-14(23-16(12)13)17(22)20-8-2-3-11(10-20)6-7-15(19)21/h1,4-5,9,11H,2-3,6-8,10H2,(H2,19,21). The molecular formula is C17H19BrN2O3. The zero-order valence-corrected chi connectivity index (χ0v) is 14.3. The highest BCUT2D eigenvalue weighted by Gasteiger charge is 2.26. The van der Waals surface area contributed by atoms with E-state index in [0.717, 1.165) is 35.7 Å². The van der Waals surface area contributed by atoms with Gasteiger partial charge in [0.1, 0.15) is 5.58 Å². The number of fused-ring (bicyclic) bond motifs is 1. The number of hydrogen-bond donors (Lipinski definition) is 1. The van der Waals surface area contributed by atoms with Gasteiger partial charge in [-0.25, -0.2) is 0 Å². The van der Waals surface area contributed by atoms with Crippen molar-refractivity contribution in [3.8, 4) is 0 Å². The minimum Gasteiger partial charge on any atom is -0.450 e. The molecular weight excluding hydrogens is 360 g/mol. The summed E-state index contributed by atoms with van der Waals surface area (Å²) in [6, 6.07) is 7.51. The van der Waals surface area contributed by atoms with Crippen molar-refractivity contribution in [1.82, 2.24) is 4.90 Å². The molecule has 0 aliphatic carbocycles. The minimum atomic E-state index is -0.282. The van der Waals surface area contributed by atoms with Crippen LogP contribution in [-0.2, 0) is 4.79 Å². The largest absolute Gasteiger partial charge is 0.450 e. The van der Waals surface area contributed by atoms with Gasteiger partial charge < -0.3 is 15.1 Å². The summed E-state index contributed by atoms with van der Waals surface area (Å²) in [5.74, 6) is 0.325. The summed E-state index contributed by atoms with van der Waals surface area (Å²) in [4.78, 5) is 25.4. The predicted molar refractivity (Wildman–Crippen MR) is 91.0 cm³/mol. The van der Waals surface area contributed by atoms with Gasteiger partial charge in [0.15, 0.2) is 5.76 Å². The van der Waals surface area contributed by atoms with Crippen molar-refractivity contribution >= 4 is 38.7 Å². The zero-order valence-electron chi connectivity index (χ0n) is 12.8. The summed E-state index contributed by atoms with van der Waals surface area (Å²) in [5.41, 5.74) is 5.91. The molecule has 1 fully saturated rings. The molecule has 1 saturated heterocycles. The number of rotatable bonds is 4. The first kappa shape index (κ1) is 16.1. The highest BCUT2D eigenvalue weighted by Crippen LogP contribution is 2.29. The number of piperidine rings is 1. The number of carbonyl (C=O) groups is 2. The monoisotopic (exact) mass is 378 g/mol. The second-order valence-electron chi connectivity index (χ2n) is 6.03. The first-order chi connectivity index (χ1) is 11.0. The maximum absolute atomic E-state index is 12.7. The number of halogens is 1. The van der Waals surface area contributed by atoms with E-state index in [1.807, 2.05) is 23.1 Å². The summed E-state index contributed by atoms with van der Waals surface area (Å²) >= 11 is 3.44. The predicted octanol–water partition coefficient (Wildman–Crippen LogP) is 3.31. The van der Waals surface area contributed by atoms with Crippen molar-refractivity contribution in [2.75, 3.05) is 13.1 Å². The number of primary amides is 1. The van der Waals surface area contributed by atoms with Gasteiger partial charge in [-0.15, -0.1) is 0 Å². The molecule has 1 aromatic carbocycles. The van der Waals surface area contributed by atoms with Gasteiger partial charge in [0.2, 0.25) is 5.91 Å². The van der Waals surface area contributed by atoms with Gasteiger partial charge in [0.05, 0.1) is 4.47 Å². The van der Waals surface area contributed by atoms with Crippen molar-refractivity contribution in [3.05, 3.63) is 34.5 Å². The first-order valence-corrected chi connectivity index (χ1v) is 8.59. The number of para-hydroxylation sites is 1. The quantitative estimate of drug-likeness (QED) is 0.886. The number of amides is 2. The smallest absolute Gasteiger partial charge is 0.289 e. The Bertz CT molecular complexity index is 741. The lowest BCUT2D eigenvalue weighted by Gasteiger charge is -2.32. The third-order valence-electron chi connectivity index (χ3n) is 4.31. The van der Waals surface area contributed by atoms with Crippen molar-refractivity contribution in [1.29, 1.82) is 0 Å². The Kier molecular flexibility index (Phi) is 4.71. The molecule has 0 saturated carbocycles. The van der Waals surface area contributed by atoms with Crippen molar-refractivity contribution in [3.63, 3.8) is 0 Å². The van der Waals surface area contributed by atoms with Gasteiger partial charge in [-0.3, -0.25) is 9.59 Å². The van der Waals surface area contributed by atoms with Crippen molar-refractivity contribution < 1.29 is 14.0 Å². The van der Waals surface area contributed by atoms with E-state index in [9.17, 15) is 9.59 Å². The maximum atomic E-state index is 12.7. The van der Waals surface area contributed by atoms with Gasteiger partial charge in [-0.1, -0.05) is 12.1 Å². The molecule has 1 aromatic heterocycles. The fraction of sp³-hybridized carbons (Fsp3) is 0.412. The number of furan rings is 1. The molecule has 23 heavy (non-hydrogen) atoms. The van der Waals surface area contributed by atoms with E-state index < -0.39 is 0 Å². The van der Waals surface area contributed by atoms with E-state index >= 15 is 0 Å². The number of hydrogen-bond acceptors (Lipinski definition) is 3. The summed E-state index contributed by atoms with van der Waals surface area (Å²) in [6.45, 7) is 1.38. The summed E-state index contributed by atoms with van der Waals surface area (Å²) in [6.07, 6.45) is 3.09. The van der Waals surface area contributed by atoms with E-state index in [1.54, 1.807) is 6.07 Å². The van der Waals surface area contributed by atoms with Crippen molar-refractivity contribution in [2.24, 2.45) is 11.7 Å². The van der Waals surface area contributed by atoms with Crippen LogP contribution in [0.1, 0.15) is 36.2 Å². The maximum Gasteiger partial charge on any atom is 0.289 e. The Balaban J connectivity index is 1.73. The second kappa shape index (κ2) is 6.74. The van der Waals surface area contributed by atoms with Crippen LogP contribution >= 0.6 is 15.9 Å². The molecule has 122 valence electrons. The number of carbonyl (C=O) groups excluding carboxylic acids is 2. The molecule has 0 spiro atoms. The molecule has 2 aromatic rings. The molecule has 6 heteroatoms. The molecule has 1 atom stereocenters. The van der Waals surface area contributed by atoms with Crippen LogP contribution in [0.4, 0.5) is 0 Å². The van der Waals surface area contributed by atoms with E-state index in [-0.39, 0.29) is 11.8 Å². The molecule has 0 radical (unpaired) electrons. The van der Waals surface area contributed by atoms with E-state index in [4.69, 9.17) is 10.2 Å². The SMILES string of the molecule is NC(=O)CCC1CCCN(C(=O)c2cc3cccc(Br)c3o2)C1. The molecule has 1 aliphatic heterocycles. The fourth-order valence-corrected chi connectivity index (χ4v) is 3.58. The van der Waals surface area contributed by atoms with Crippen LogP contribution in [0.2, 0.25) is 0 Å². The van der Waals surface area contributed by atoms with Gasteiger partial charge >= 0.3 is 0 Å². The van der Waals surface area contributed by atoms with Crippen LogP contribution in [-0.4, -0.2) is 29.8 Å². The Labute approximate surface area is 142 Å². The topological polar surface area (TPSA) is 76.5 Å². The van der Waals surface area contributed by atoms with Crippen LogP contribution < -0.4 is 5.73 Å². The van der Waals surface area contributed by atoms with Gasteiger partial charge in [-0.05, 0) is 53.2 Å². The number of benzene rings is 1. The molecule has 5 nitrogen and oxygen atoms in total. The van der Waals surface area contributed by atoms with Crippen LogP contribution in [0.3, 0.4) is 0 Å². The molecule has 2 N–H and O–H groups in total. The summed E-state index contributed by atoms with van der Waals surface area (Å²) in [5, 5.41) is 0.907. The Morgan fingerprint density at radius 3 is 2.96 bits per heavy atom. The number of nitrogens with zero attached hydrogens (tertiary/aromatic N) is 1. The van der Waals surface area contributed by atoms with E-state index in [0.29, 0.717) is 30.2 Å². The molecule has 2 amide bonds. The lowest BCUT2D eigenvalue weighted by atomic mass is 9.93. The van der Waals surface area contributed by atoms with Crippen LogP contribution in [0.5, 0.6) is 0 Å². The highest BCUT2D eigenvalue weighted by atomic mass is 79.9. The Morgan fingerprint density at radius 1 is 1.39 bits per heavy atom. The van der Waals surface area contributed by atoms with Gasteiger partial charge in [0, 0.05) is 24.9 Å². The van der Waals surface area contributed by atoms with Crippen molar-refractivity contribution in [2.45, 2.75) is 25.7 Å². The van der Waals surface area contributed by atoms with E-state index in [2.05, 4.69) is 15.9 Å².